The highest BCUT2D eigenvalue weighted by molar-refractivity contribution is 7.99. The lowest BCUT2D eigenvalue weighted by Gasteiger charge is -2.04. The lowest BCUT2D eigenvalue weighted by Crippen LogP contribution is -1.91. The topological polar surface area (TPSA) is 29.5 Å². The second kappa shape index (κ2) is 6.30. The summed E-state index contributed by atoms with van der Waals surface area (Å²) >= 11 is 7.63. The molecular weight excluding hydrogens is 220 g/mol. The highest BCUT2D eigenvalue weighted by Crippen LogP contribution is 2.24. The van der Waals surface area contributed by atoms with Crippen molar-refractivity contribution in [3.63, 3.8) is 0 Å². The Morgan fingerprint density at radius 3 is 2.86 bits per heavy atom. The maximum absolute atomic E-state index is 8.91. The van der Waals surface area contributed by atoms with Gasteiger partial charge in [-0.05, 0) is 17.7 Å². The quantitative estimate of drug-likeness (QED) is 0.625. The zero-order valence-electron chi connectivity index (χ0n) is 8.00. The van der Waals surface area contributed by atoms with Gasteiger partial charge in [-0.2, -0.15) is 0 Å². The molecule has 1 N–H and O–H groups in total. The summed E-state index contributed by atoms with van der Waals surface area (Å²) in [5, 5.41) is 9.53. The fraction of sp³-hybridized carbons (Fsp3) is 0.400. The molecule has 1 aromatic carbocycles. The van der Waals surface area contributed by atoms with Crippen LogP contribution in [0.5, 0.6) is 0 Å². The SMILES string of the molecule is COCCSc1ccc(CO)c(Cl)c1. The summed E-state index contributed by atoms with van der Waals surface area (Å²) in [5.74, 6) is 0.908. The van der Waals surface area contributed by atoms with Crippen molar-refractivity contribution in [2.45, 2.75) is 11.5 Å². The number of hydrogen-bond donors (Lipinski definition) is 1. The van der Waals surface area contributed by atoms with Gasteiger partial charge >= 0.3 is 0 Å². The van der Waals surface area contributed by atoms with E-state index in [1.165, 1.54) is 0 Å². The maximum Gasteiger partial charge on any atom is 0.0696 e. The Hall–Kier alpha value is -0.220. The molecule has 1 rings (SSSR count). The molecule has 0 saturated carbocycles. The predicted molar refractivity (Wildman–Crippen MR) is 60.0 cm³/mol. The molecule has 0 atom stereocenters. The van der Waals surface area contributed by atoms with E-state index < -0.39 is 0 Å². The lowest BCUT2D eigenvalue weighted by atomic mass is 10.2. The minimum Gasteiger partial charge on any atom is -0.392 e. The molecular formula is C10H13ClO2S. The van der Waals surface area contributed by atoms with Gasteiger partial charge in [-0.1, -0.05) is 17.7 Å². The normalized spacial score (nSPS) is 10.5. The van der Waals surface area contributed by atoms with Gasteiger partial charge in [-0.15, -0.1) is 11.8 Å². The molecule has 0 heterocycles. The van der Waals surface area contributed by atoms with E-state index >= 15 is 0 Å². The van der Waals surface area contributed by atoms with Gasteiger partial charge in [0.1, 0.15) is 0 Å². The molecule has 0 aliphatic rings. The molecule has 0 saturated heterocycles. The zero-order chi connectivity index (χ0) is 10.4. The summed E-state index contributed by atoms with van der Waals surface area (Å²) in [5.41, 5.74) is 0.766. The minimum absolute atomic E-state index is 0.0121. The molecule has 0 aliphatic heterocycles. The number of benzene rings is 1. The zero-order valence-corrected chi connectivity index (χ0v) is 9.57. The number of aliphatic hydroxyl groups is 1. The standard InChI is InChI=1S/C10H13ClO2S/c1-13-4-5-14-9-3-2-8(7-12)10(11)6-9/h2-3,6,12H,4-5,7H2,1H3. The van der Waals surface area contributed by atoms with Gasteiger partial charge in [0.15, 0.2) is 0 Å². The maximum atomic E-state index is 8.91. The van der Waals surface area contributed by atoms with E-state index in [9.17, 15) is 0 Å². The Morgan fingerprint density at radius 2 is 2.29 bits per heavy atom. The first kappa shape index (κ1) is 11.9. The van der Waals surface area contributed by atoms with E-state index in [-0.39, 0.29) is 6.61 Å². The number of thioether (sulfide) groups is 1. The van der Waals surface area contributed by atoms with Crippen LogP contribution >= 0.6 is 23.4 Å². The van der Waals surface area contributed by atoms with Crippen molar-refractivity contribution in [3.05, 3.63) is 28.8 Å². The summed E-state index contributed by atoms with van der Waals surface area (Å²) in [4.78, 5) is 1.10. The van der Waals surface area contributed by atoms with Gasteiger partial charge in [0.25, 0.3) is 0 Å². The molecule has 0 fully saturated rings. The molecule has 0 bridgehead atoms. The predicted octanol–water partition coefficient (Wildman–Crippen LogP) is 2.57. The molecule has 1 aromatic rings. The van der Waals surface area contributed by atoms with Crippen LogP contribution in [-0.4, -0.2) is 24.6 Å². The van der Waals surface area contributed by atoms with E-state index in [1.54, 1.807) is 18.9 Å². The first-order valence-corrected chi connectivity index (χ1v) is 5.65. The van der Waals surface area contributed by atoms with Crippen molar-refractivity contribution in [2.75, 3.05) is 19.5 Å². The molecule has 0 radical (unpaired) electrons. The van der Waals surface area contributed by atoms with E-state index in [2.05, 4.69) is 0 Å². The van der Waals surface area contributed by atoms with Crippen LogP contribution in [0.3, 0.4) is 0 Å². The largest absolute Gasteiger partial charge is 0.392 e. The molecule has 2 nitrogen and oxygen atoms in total. The average molecular weight is 233 g/mol. The third-order valence-electron chi connectivity index (χ3n) is 1.75. The van der Waals surface area contributed by atoms with Gasteiger partial charge in [-0.3, -0.25) is 0 Å². The van der Waals surface area contributed by atoms with Crippen LogP contribution in [0.1, 0.15) is 5.56 Å². The summed E-state index contributed by atoms with van der Waals surface area (Å²) in [6.07, 6.45) is 0. The van der Waals surface area contributed by atoms with Gasteiger partial charge < -0.3 is 9.84 Å². The second-order valence-electron chi connectivity index (χ2n) is 2.75. The molecule has 0 amide bonds. The van der Waals surface area contributed by atoms with Gasteiger partial charge in [0.05, 0.1) is 13.2 Å². The van der Waals surface area contributed by atoms with Crippen molar-refractivity contribution >= 4 is 23.4 Å². The third-order valence-corrected chi connectivity index (χ3v) is 3.06. The van der Waals surface area contributed by atoms with Gasteiger partial charge in [0.2, 0.25) is 0 Å². The van der Waals surface area contributed by atoms with Gasteiger partial charge in [-0.25, -0.2) is 0 Å². The Labute approximate surface area is 93.2 Å². The van der Waals surface area contributed by atoms with Crippen LogP contribution in [0, 0.1) is 0 Å². The Bertz CT molecular complexity index is 291. The summed E-state index contributed by atoms with van der Waals surface area (Å²) in [7, 11) is 1.68. The fourth-order valence-electron chi connectivity index (χ4n) is 0.989. The van der Waals surface area contributed by atoms with Crippen molar-refractivity contribution in [2.24, 2.45) is 0 Å². The molecule has 78 valence electrons. The number of ether oxygens (including phenoxy) is 1. The number of halogens is 1. The number of hydrogen-bond acceptors (Lipinski definition) is 3. The Kier molecular flexibility index (Phi) is 5.33. The van der Waals surface area contributed by atoms with Crippen molar-refractivity contribution in [1.82, 2.24) is 0 Å². The van der Waals surface area contributed by atoms with Crippen LogP contribution in [0.25, 0.3) is 0 Å². The molecule has 4 heteroatoms. The van der Waals surface area contributed by atoms with Crippen molar-refractivity contribution < 1.29 is 9.84 Å². The first-order chi connectivity index (χ1) is 6.77. The summed E-state index contributed by atoms with van der Waals surface area (Å²) < 4.78 is 4.94. The smallest absolute Gasteiger partial charge is 0.0696 e. The van der Waals surface area contributed by atoms with E-state index in [0.29, 0.717) is 5.02 Å². The van der Waals surface area contributed by atoms with E-state index in [0.717, 1.165) is 22.8 Å². The van der Waals surface area contributed by atoms with Crippen LogP contribution in [0.2, 0.25) is 5.02 Å². The van der Waals surface area contributed by atoms with Crippen LogP contribution in [0.4, 0.5) is 0 Å². The molecule has 0 aromatic heterocycles. The fourth-order valence-corrected chi connectivity index (χ4v) is 2.15. The Balaban J connectivity index is 2.57. The second-order valence-corrected chi connectivity index (χ2v) is 4.33. The van der Waals surface area contributed by atoms with Crippen molar-refractivity contribution in [3.8, 4) is 0 Å². The van der Waals surface area contributed by atoms with E-state index in [1.807, 2.05) is 18.2 Å². The number of aliphatic hydroxyl groups excluding tert-OH is 1. The molecule has 0 aliphatic carbocycles. The Morgan fingerprint density at radius 1 is 1.50 bits per heavy atom. The van der Waals surface area contributed by atoms with Crippen LogP contribution < -0.4 is 0 Å². The van der Waals surface area contributed by atoms with Crippen LogP contribution in [-0.2, 0) is 11.3 Å². The van der Waals surface area contributed by atoms with E-state index in [4.69, 9.17) is 21.4 Å². The minimum atomic E-state index is -0.0121. The lowest BCUT2D eigenvalue weighted by molar-refractivity contribution is 0.218. The van der Waals surface area contributed by atoms with Crippen LogP contribution in [0.15, 0.2) is 23.1 Å². The molecule has 0 unspecified atom stereocenters. The monoisotopic (exact) mass is 232 g/mol. The first-order valence-electron chi connectivity index (χ1n) is 4.29. The van der Waals surface area contributed by atoms with Gasteiger partial charge in [0, 0.05) is 22.8 Å². The summed E-state index contributed by atoms with van der Waals surface area (Å²) in [6, 6.07) is 5.67. The average Bonchev–Trinajstić information content (AvgIpc) is 2.18. The molecule has 0 spiro atoms. The molecule has 14 heavy (non-hydrogen) atoms. The third kappa shape index (κ3) is 3.50. The van der Waals surface area contributed by atoms with Crippen molar-refractivity contribution in [1.29, 1.82) is 0 Å². The number of methoxy groups -OCH3 is 1. The highest BCUT2D eigenvalue weighted by atomic mass is 35.5. The highest BCUT2D eigenvalue weighted by Gasteiger charge is 2.00. The summed E-state index contributed by atoms with van der Waals surface area (Å²) in [6.45, 7) is 0.714. The number of rotatable bonds is 5.